The molecule has 0 fully saturated rings. The molecule has 2 aromatic rings. The van der Waals surface area contributed by atoms with E-state index in [1.165, 1.54) is 0 Å². The number of rotatable bonds is 2. The van der Waals surface area contributed by atoms with Gasteiger partial charge in [-0.3, -0.25) is 5.10 Å². The van der Waals surface area contributed by atoms with Gasteiger partial charge in [-0.2, -0.15) is 5.10 Å². The minimum absolute atomic E-state index is 0.504. The lowest BCUT2D eigenvalue weighted by atomic mass is 10.1. The molecule has 0 saturated carbocycles. The lowest BCUT2D eigenvalue weighted by molar-refractivity contribution is 1.03. The number of aryl methyl sites for hydroxylation is 1. The molecule has 0 amide bonds. The third kappa shape index (κ3) is 1.52. The first-order chi connectivity index (χ1) is 6.81. The van der Waals surface area contributed by atoms with Crippen molar-refractivity contribution < 1.29 is 0 Å². The number of H-pyrrole nitrogens is 1. The molecule has 0 aliphatic carbocycles. The third-order valence-corrected chi connectivity index (χ3v) is 2.08. The fraction of sp³-hybridized carbons (Fsp3) is 0.200. The molecule has 0 unspecified atom stereocenters. The Morgan fingerprint density at radius 3 is 2.79 bits per heavy atom. The molecule has 1 aromatic carbocycles. The first-order valence-corrected chi connectivity index (χ1v) is 4.48. The van der Waals surface area contributed by atoms with Crippen molar-refractivity contribution in [1.82, 2.24) is 15.2 Å². The summed E-state index contributed by atoms with van der Waals surface area (Å²) in [6.07, 6.45) is 0. The van der Waals surface area contributed by atoms with E-state index in [0.717, 1.165) is 17.0 Å². The van der Waals surface area contributed by atoms with Crippen LogP contribution in [0.4, 0.5) is 0 Å². The number of nitrogens with one attached hydrogen (secondary N) is 1. The second-order valence-corrected chi connectivity index (χ2v) is 3.11. The molecule has 0 aliphatic heterocycles. The van der Waals surface area contributed by atoms with Gasteiger partial charge in [-0.15, -0.1) is 0 Å². The number of aromatic amines is 1. The minimum atomic E-state index is 0.504. The highest BCUT2D eigenvalue weighted by atomic mass is 15.2. The van der Waals surface area contributed by atoms with Gasteiger partial charge in [-0.05, 0) is 12.5 Å². The Kier molecular flexibility index (Phi) is 2.28. The van der Waals surface area contributed by atoms with Gasteiger partial charge in [0.2, 0.25) is 0 Å². The van der Waals surface area contributed by atoms with Crippen LogP contribution in [0.1, 0.15) is 11.4 Å². The van der Waals surface area contributed by atoms with Crippen LogP contribution in [0.15, 0.2) is 24.3 Å². The predicted molar refractivity (Wildman–Crippen MR) is 54.4 cm³/mol. The highest BCUT2D eigenvalue weighted by Gasteiger charge is 2.06. The summed E-state index contributed by atoms with van der Waals surface area (Å²) >= 11 is 0. The number of aromatic nitrogens is 3. The van der Waals surface area contributed by atoms with Crippen molar-refractivity contribution in [2.24, 2.45) is 5.73 Å². The molecule has 72 valence electrons. The van der Waals surface area contributed by atoms with E-state index < -0.39 is 0 Å². The average molecular weight is 188 g/mol. The molecule has 0 bridgehead atoms. The monoisotopic (exact) mass is 188 g/mol. The molecule has 1 aromatic heterocycles. The Hall–Kier alpha value is -1.68. The van der Waals surface area contributed by atoms with Crippen molar-refractivity contribution in [1.29, 1.82) is 0 Å². The smallest absolute Gasteiger partial charge is 0.181 e. The summed E-state index contributed by atoms with van der Waals surface area (Å²) in [6, 6.07) is 7.89. The average Bonchev–Trinajstić information content (AvgIpc) is 2.65. The van der Waals surface area contributed by atoms with Crippen LogP contribution in [0.2, 0.25) is 0 Å². The van der Waals surface area contributed by atoms with Crippen molar-refractivity contribution in [3.63, 3.8) is 0 Å². The van der Waals surface area contributed by atoms with Crippen molar-refractivity contribution >= 4 is 0 Å². The van der Waals surface area contributed by atoms with Crippen LogP contribution in [0.25, 0.3) is 11.4 Å². The second kappa shape index (κ2) is 3.59. The van der Waals surface area contributed by atoms with E-state index in [9.17, 15) is 0 Å². The fourth-order valence-corrected chi connectivity index (χ4v) is 1.38. The largest absolute Gasteiger partial charge is 0.326 e. The van der Waals surface area contributed by atoms with Gasteiger partial charge in [0.05, 0.1) is 0 Å². The van der Waals surface area contributed by atoms with Gasteiger partial charge in [0, 0.05) is 12.1 Å². The highest BCUT2D eigenvalue weighted by Crippen LogP contribution is 2.18. The molecule has 1 heterocycles. The maximum absolute atomic E-state index is 5.63. The Morgan fingerprint density at radius 1 is 1.36 bits per heavy atom. The summed E-state index contributed by atoms with van der Waals surface area (Å²) in [5, 5.41) is 6.92. The molecule has 14 heavy (non-hydrogen) atoms. The fourth-order valence-electron chi connectivity index (χ4n) is 1.38. The molecule has 3 N–H and O–H groups in total. The van der Waals surface area contributed by atoms with Crippen LogP contribution in [0.3, 0.4) is 0 Å². The van der Waals surface area contributed by atoms with E-state index in [-0.39, 0.29) is 0 Å². The van der Waals surface area contributed by atoms with Gasteiger partial charge >= 0.3 is 0 Å². The molecule has 0 saturated heterocycles. The van der Waals surface area contributed by atoms with Crippen LogP contribution < -0.4 is 5.73 Å². The second-order valence-electron chi connectivity index (χ2n) is 3.11. The highest BCUT2D eigenvalue weighted by molar-refractivity contribution is 5.59. The van der Waals surface area contributed by atoms with Crippen LogP contribution in [-0.2, 0) is 6.54 Å². The maximum atomic E-state index is 5.63. The zero-order valence-electron chi connectivity index (χ0n) is 7.99. The molecular formula is C10H12N4. The van der Waals surface area contributed by atoms with Gasteiger partial charge in [-0.25, -0.2) is 4.98 Å². The summed E-state index contributed by atoms with van der Waals surface area (Å²) in [5.74, 6) is 1.52. The number of nitrogens with two attached hydrogens (primary N) is 1. The third-order valence-electron chi connectivity index (χ3n) is 2.08. The Labute approximate surface area is 82.2 Å². The molecule has 0 atom stereocenters. The quantitative estimate of drug-likeness (QED) is 0.745. The van der Waals surface area contributed by atoms with Crippen molar-refractivity contribution in [3.05, 3.63) is 35.7 Å². The predicted octanol–water partition coefficient (Wildman–Crippen LogP) is 1.24. The van der Waals surface area contributed by atoms with E-state index in [1.54, 1.807) is 0 Å². The summed E-state index contributed by atoms with van der Waals surface area (Å²) in [5.41, 5.74) is 7.69. The van der Waals surface area contributed by atoms with E-state index in [4.69, 9.17) is 5.73 Å². The van der Waals surface area contributed by atoms with Gasteiger partial charge in [-0.1, -0.05) is 24.3 Å². The minimum Gasteiger partial charge on any atom is -0.326 e. The number of benzene rings is 1. The molecular weight excluding hydrogens is 176 g/mol. The Bertz CT molecular complexity index is 433. The standard InChI is InChI=1S/C10H12N4/c1-7-12-10(14-13-7)9-5-3-2-4-8(9)6-11/h2-5H,6,11H2,1H3,(H,12,13,14). The Morgan fingerprint density at radius 2 is 2.14 bits per heavy atom. The zero-order valence-corrected chi connectivity index (χ0v) is 7.99. The van der Waals surface area contributed by atoms with Gasteiger partial charge in [0.15, 0.2) is 5.82 Å². The molecule has 4 heteroatoms. The van der Waals surface area contributed by atoms with E-state index in [0.29, 0.717) is 12.4 Å². The van der Waals surface area contributed by atoms with Crippen molar-refractivity contribution in [3.8, 4) is 11.4 Å². The summed E-state index contributed by atoms with van der Waals surface area (Å²) in [6.45, 7) is 2.38. The van der Waals surface area contributed by atoms with Gasteiger partial charge in [0.25, 0.3) is 0 Å². The number of hydrogen-bond donors (Lipinski definition) is 2. The normalized spacial score (nSPS) is 10.4. The van der Waals surface area contributed by atoms with Crippen LogP contribution >= 0.6 is 0 Å². The van der Waals surface area contributed by atoms with E-state index in [1.807, 2.05) is 31.2 Å². The Balaban J connectivity index is 2.50. The van der Waals surface area contributed by atoms with Crippen molar-refractivity contribution in [2.45, 2.75) is 13.5 Å². The van der Waals surface area contributed by atoms with Crippen molar-refractivity contribution in [2.75, 3.05) is 0 Å². The summed E-state index contributed by atoms with van der Waals surface area (Å²) in [4.78, 5) is 4.27. The molecule has 2 rings (SSSR count). The number of hydrogen-bond acceptors (Lipinski definition) is 3. The first-order valence-electron chi connectivity index (χ1n) is 4.48. The summed E-state index contributed by atoms with van der Waals surface area (Å²) < 4.78 is 0. The first kappa shape index (κ1) is 8.90. The lowest BCUT2D eigenvalue weighted by Crippen LogP contribution is -1.99. The van der Waals surface area contributed by atoms with Crippen LogP contribution in [-0.4, -0.2) is 15.2 Å². The topological polar surface area (TPSA) is 67.6 Å². The molecule has 0 spiro atoms. The molecule has 0 radical (unpaired) electrons. The van der Waals surface area contributed by atoms with Gasteiger partial charge in [0.1, 0.15) is 5.82 Å². The van der Waals surface area contributed by atoms with Gasteiger partial charge < -0.3 is 5.73 Å². The SMILES string of the molecule is Cc1nc(-c2ccccc2CN)n[nH]1. The van der Waals surface area contributed by atoms with Crippen LogP contribution in [0, 0.1) is 6.92 Å². The molecule has 4 nitrogen and oxygen atoms in total. The molecule has 0 aliphatic rings. The number of nitrogens with zero attached hydrogens (tertiary/aromatic N) is 2. The zero-order chi connectivity index (χ0) is 9.97. The lowest BCUT2D eigenvalue weighted by Gasteiger charge is -2.02. The van der Waals surface area contributed by atoms with E-state index >= 15 is 0 Å². The summed E-state index contributed by atoms with van der Waals surface area (Å²) in [7, 11) is 0. The maximum Gasteiger partial charge on any atom is 0.181 e. The van der Waals surface area contributed by atoms with E-state index in [2.05, 4.69) is 15.2 Å². The van der Waals surface area contributed by atoms with Crippen LogP contribution in [0.5, 0.6) is 0 Å².